The molecular weight excluding hydrogens is 284 g/mol. The van der Waals surface area contributed by atoms with Crippen LogP contribution in [0.3, 0.4) is 0 Å². The number of ether oxygens (including phenoxy) is 3. The second kappa shape index (κ2) is 6.80. The van der Waals surface area contributed by atoms with Gasteiger partial charge in [-0.2, -0.15) is 5.10 Å². The predicted octanol–water partition coefficient (Wildman–Crippen LogP) is 2.34. The SMILES string of the molecule is COc1cc(OC)c(/C=C/C(=O)c2cnn(C)c2)c(OC)c1. The van der Waals surface area contributed by atoms with Crippen LogP contribution in [-0.4, -0.2) is 36.9 Å². The highest BCUT2D eigenvalue weighted by molar-refractivity contribution is 6.06. The lowest BCUT2D eigenvalue weighted by Crippen LogP contribution is -1.96. The second-order valence-electron chi connectivity index (χ2n) is 4.55. The Morgan fingerprint density at radius 2 is 1.77 bits per heavy atom. The Morgan fingerprint density at radius 3 is 2.23 bits per heavy atom. The molecule has 1 aromatic carbocycles. The van der Waals surface area contributed by atoms with E-state index in [1.54, 1.807) is 57.5 Å². The van der Waals surface area contributed by atoms with E-state index in [2.05, 4.69) is 5.10 Å². The van der Waals surface area contributed by atoms with Gasteiger partial charge < -0.3 is 14.2 Å². The number of methoxy groups -OCH3 is 3. The van der Waals surface area contributed by atoms with Gasteiger partial charge in [0.1, 0.15) is 17.2 Å². The molecule has 22 heavy (non-hydrogen) atoms. The van der Waals surface area contributed by atoms with Crippen molar-refractivity contribution in [2.45, 2.75) is 0 Å². The second-order valence-corrected chi connectivity index (χ2v) is 4.55. The highest BCUT2D eigenvalue weighted by Gasteiger charge is 2.12. The van der Waals surface area contributed by atoms with Crippen molar-refractivity contribution in [3.05, 3.63) is 41.7 Å². The van der Waals surface area contributed by atoms with Crippen LogP contribution in [0.4, 0.5) is 0 Å². The molecule has 0 amide bonds. The summed E-state index contributed by atoms with van der Waals surface area (Å²) in [5.41, 5.74) is 1.19. The summed E-state index contributed by atoms with van der Waals surface area (Å²) in [6.45, 7) is 0. The first-order valence-corrected chi connectivity index (χ1v) is 6.60. The Hall–Kier alpha value is -2.76. The summed E-state index contributed by atoms with van der Waals surface area (Å²) in [6.07, 6.45) is 6.31. The molecule has 0 atom stereocenters. The van der Waals surface area contributed by atoms with E-state index in [9.17, 15) is 4.79 Å². The van der Waals surface area contributed by atoms with Gasteiger partial charge in [-0.1, -0.05) is 0 Å². The Labute approximate surface area is 128 Å². The zero-order valence-electron chi connectivity index (χ0n) is 13.0. The van der Waals surface area contributed by atoms with Crippen molar-refractivity contribution in [3.8, 4) is 17.2 Å². The van der Waals surface area contributed by atoms with E-state index in [0.29, 0.717) is 28.4 Å². The van der Waals surface area contributed by atoms with Crippen molar-refractivity contribution in [1.29, 1.82) is 0 Å². The summed E-state index contributed by atoms with van der Waals surface area (Å²) >= 11 is 0. The topological polar surface area (TPSA) is 62.6 Å². The highest BCUT2D eigenvalue weighted by atomic mass is 16.5. The van der Waals surface area contributed by atoms with Crippen LogP contribution >= 0.6 is 0 Å². The zero-order valence-corrected chi connectivity index (χ0v) is 13.0. The number of nitrogens with zero attached hydrogens (tertiary/aromatic N) is 2. The summed E-state index contributed by atoms with van der Waals surface area (Å²) in [5.74, 6) is 1.59. The molecule has 0 radical (unpaired) electrons. The van der Waals surface area contributed by atoms with E-state index in [1.807, 2.05) is 0 Å². The minimum Gasteiger partial charge on any atom is -0.496 e. The van der Waals surface area contributed by atoms with Gasteiger partial charge in [0.15, 0.2) is 5.78 Å². The number of ketones is 1. The van der Waals surface area contributed by atoms with Gasteiger partial charge >= 0.3 is 0 Å². The zero-order chi connectivity index (χ0) is 16.1. The third-order valence-electron chi connectivity index (χ3n) is 3.14. The van der Waals surface area contributed by atoms with Gasteiger partial charge in [-0.3, -0.25) is 9.48 Å². The van der Waals surface area contributed by atoms with Crippen LogP contribution in [-0.2, 0) is 7.05 Å². The highest BCUT2D eigenvalue weighted by Crippen LogP contribution is 2.35. The molecular formula is C16H18N2O4. The first-order chi connectivity index (χ1) is 10.6. The number of aryl methyl sites for hydroxylation is 1. The van der Waals surface area contributed by atoms with E-state index in [-0.39, 0.29) is 5.78 Å². The number of allylic oxidation sites excluding steroid dienone is 1. The van der Waals surface area contributed by atoms with Crippen molar-refractivity contribution in [1.82, 2.24) is 9.78 Å². The van der Waals surface area contributed by atoms with Crippen LogP contribution in [0.2, 0.25) is 0 Å². The molecule has 0 aliphatic carbocycles. The van der Waals surface area contributed by atoms with Crippen LogP contribution in [0.15, 0.2) is 30.6 Å². The monoisotopic (exact) mass is 302 g/mol. The predicted molar refractivity (Wildman–Crippen MR) is 82.7 cm³/mol. The van der Waals surface area contributed by atoms with Crippen molar-refractivity contribution < 1.29 is 19.0 Å². The third kappa shape index (κ3) is 3.28. The normalized spacial score (nSPS) is 10.7. The van der Waals surface area contributed by atoms with E-state index in [4.69, 9.17) is 14.2 Å². The first kappa shape index (κ1) is 15.6. The van der Waals surface area contributed by atoms with E-state index >= 15 is 0 Å². The van der Waals surface area contributed by atoms with E-state index in [0.717, 1.165) is 0 Å². The van der Waals surface area contributed by atoms with Crippen LogP contribution in [0.1, 0.15) is 15.9 Å². The molecule has 116 valence electrons. The van der Waals surface area contributed by atoms with Gasteiger partial charge in [0.2, 0.25) is 0 Å². The van der Waals surface area contributed by atoms with Crippen LogP contribution in [0.25, 0.3) is 6.08 Å². The molecule has 6 heteroatoms. The number of rotatable bonds is 6. The van der Waals surface area contributed by atoms with E-state index in [1.165, 1.54) is 12.3 Å². The average Bonchev–Trinajstić information content (AvgIpc) is 2.98. The fourth-order valence-corrected chi connectivity index (χ4v) is 2.00. The van der Waals surface area contributed by atoms with Crippen LogP contribution < -0.4 is 14.2 Å². The number of aromatic nitrogens is 2. The molecule has 0 saturated carbocycles. The number of hydrogen-bond donors (Lipinski definition) is 0. The maximum atomic E-state index is 12.1. The Bertz CT molecular complexity index is 679. The summed E-state index contributed by atoms with van der Waals surface area (Å²) in [4.78, 5) is 12.1. The molecule has 0 spiro atoms. The largest absolute Gasteiger partial charge is 0.496 e. The number of hydrogen-bond acceptors (Lipinski definition) is 5. The molecule has 0 fully saturated rings. The van der Waals surface area contributed by atoms with Gasteiger partial charge in [0.25, 0.3) is 0 Å². The van der Waals surface area contributed by atoms with Gasteiger partial charge in [0.05, 0.1) is 38.7 Å². The Morgan fingerprint density at radius 1 is 1.14 bits per heavy atom. The molecule has 0 aliphatic heterocycles. The molecule has 0 bridgehead atoms. The van der Waals surface area contributed by atoms with Crippen molar-refractivity contribution in [3.63, 3.8) is 0 Å². The smallest absolute Gasteiger partial charge is 0.189 e. The van der Waals surface area contributed by atoms with Gasteiger partial charge in [0, 0.05) is 25.4 Å². The molecule has 0 saturated heterocycles. The third-order valence-corrected chi connectivity index (χ3v) is 3.14. The summed E-state index contributed by atoms with van der Waals surface area (Å²) in [6, 6.07) is 3.47. The maximum absolute atomic E-state index is 12.1. The molecule has 1 heterocycles. The number of carbonyl (C=O) groups is 1. The molecule has 0 unspecified atom stereocenters. The minimum atomic E-state index is -0.145. The molecule has 0 aliphatic rings. The fourth-order valence-electron chi connectivity index (χ4n) is 2.00. The molecule has 0 N–H and O–H groups in total. The lowest BCUT2D eigenvalue weighted by Gasteiger charge is -2.12. The number of carbonyl (C=O) groups excluding carboxylic acids is 1. The van der Waals surface area contributed by atoms with Gasteiger partial charge in [-0.25, -0.2) is 0 Å². The van der Waals surface area contributed by atoms with Crippen molar-refractivity contribution in [2.24, 2.45) is 7.05 Å². The summed E-state index contributed by atoms with van der Waals surface area (Å²) in [7, 11) is 6.43. The minimum absolute atomic E-state index is 0.145. The molecule has 2 rings (SSSR count). The summed E-state index contributed by atoms with van der Waals surface area (Å²) in [5, 5.41) is 3.98. The van der Waals surface area contributed by atoms with Crippen LogP contribution in [0.5, 0.6) is 17.2 Å². The first-order valence-electron chi connectivity index (χ1n) is 6.60. The average molecular weight is 302 g/mol. The molecule has 1 aromatic heterocycles. The Balaban J connectivity index is 2.35. The van der Waals surface area contributed by atoms with Crippen molar-refractivity contribution >= 4 is 11.9 Å². The fraction of sp³-hybridized carbons (Fsp3) is 0.250. The van der Waals surface area contributed by atoms with E-state index < -0.39 is 0 Å². The quantitative estimate of drug-likeness (QED) is 0.605. The van der Waals surface area contributed by atoms with Gasteiger partial charge in [-0.05, 0) is 12.2 Å². The standard InChI is InChI=1S/C16H18N2O4/c1-18-10-11(9-17-18)14(19)6-5-13-15(21-3)7-12(20-2)8-16(13)22-4/h5-10H,1-4H3/b6-5+. The van der Waals surface area contributed by atoms with Crippen molar-refractivity contribution in [2.75, 3.05) is 21.3 Å². The molecule has 2 aromatic rings. The number of benzene rings is 1. The van der Waals surface area contributed by atoms with Crippen LogP contribution in [0, 0.1) is 0 Å². The maximum Gasteiger partial charge on any atom is 0.189 e. The summed E-state index contributed by atoms with van der Waals surface area (Å²) < 4.78 is 17.4. The lowest BCUT2D eigenvalue weighted by molar-refractivity contribution is 0.104. The lowest BCUT2D eigenvalue weighted by atomic mass is 10.1. The Kier molecular flexibility index (Phi) is 4.83. The van der Waals surface area contributed by atoms with Gasteiger partial charge in [-0.15, -0.1) is 0 Å². The molecule has 6 nitrogen and oxygen atoms in total.